The molecule has 0 aliphatic carbocycles. The highest BCUT2D eigenvalue weighted by atomic mass is 32.2. The number of nitrogens with zero attached hydrogens (tertiary/aromatic N) is 7. The maximum atomic E-state index is 13.0. The number of rotatable bonds is 5. The van der Waals surface area contributed by atoms with Crippen LogP contribution in [0.25, 0.3) is 11.2 Å². The molecule has 4 heterocycles. The average molecular weight is 446 g/mol. The molecule has 1 aliphatic heterocycles. The average Bonchev–Trinajstić information content (AvgIpc) is 3.10. The van der Waals surface area contributed by atoms with Gasteiger partial charge in [0.25, 0.3) is 5.56 Å². The van der Waals surface area contributed by atoms with Gasteiger partial charge in [0.05, 0.1) is 12.2 Å². The number of aryl methyl sites for hydroxylation is 3. The largest absolute Gasteiger partial charge is 0.372 e. The molecule has 0 aromatic carbocycles. The van der Waals surface area contributed by atoms with Crippen molar-refractivity contribution in [1.82, 2.24) is 28.7 Å². The van der Waals surface area contributed by atoms with E-state index in [1.165, 1.54) is 23.4 Å². The van der Waals surface area contributed by atoms with Crippen molar-refractivity contribution in [1.29, 1.82) is 0 Å². The van der Waals surface area contributed by atoms with Crippen molar-refractivity contribution in [3.8, 4) is 0 Å². The van der Waals surface area contributed by atoms with Crippen LogP contribution in [0.15, 0.2) is 27.0 Å². The first kappa shape index (κ1) is 21.6. The fraction of sp³-hybridized carbons (Fsp3) is 0.550. The van der Waals surface area contributed by atoms with Gasteiger partial charge in [0.2, 0.25) is 5.95 Å². The van der Waals surface area contributed by atoms with Crippen molar-refractivity contribution in [2.75, 3.05) is 23.7 Å². The van der Waals surface area contributed by atoms with Crippen molar-refractivity contribution >= 4 is 28.9 Å². The number of fused-ring (bicyclic) bond motifs is 1. The zero-order valence-corrected chi connectivity index (χ0v) is 19.2. The van der Waals surface area contributed by atoms with Crippen LogP contribution in [0.3, 0.4) is 0 Å². The first-order valence-electron chi connectivity index (χ1n) is 10.3. The van der Waals surface area contributed by atoms with Crippen LogP contribution in [0.5, 0.6) is 0 Å². The minimum atomic E-state index is -0.389. The van der Waals surface area contributed by atoms with Gasteiger partial charge < -0.3 is 14.2 Å². The second-order valence-electron chi connectivity index (χ2n) is 7.93. The molecule has 0 amide bonds. The van der Waals surface area contributed by atoms with Gasteiger partial charge in [0.15, 0.2) is 16.3 Å². The number of ether oxygens (including phenoxy) is 1. The second kappa shape index (κ2) is 8.46. The van der Waals surface area contributed by atoms with Crippen molar-refractivity contribution in [2.45, 2.75) is 44.7 Å². The van der Waals surface area contributed by atoms with Crippen LogP contribution in [-0.2, 0) is 25.4 Å². The molecular weight excluding hydrogens is 418 g/mol. The molecule has 11 heteroatoms. The van der Waals surface area contributed by atoms with Crippen LogP contribution in [-0.4, -0.2) is 59.7 Å². The highest BCUT2D eigenvalue weighted by Gasteiger charge is 2.28. The normalized spacial score (nSPS) is 19.3. The first-order chi connectivity index (χ1) is 14.8. The number of hydrogen-bond acceptors (Lipinski definition) is 8. The standard InChI is InChI=1S/C20H27N7O3S/c1-12-6-7-21-18(22-12)31-9-8-27-15-16(24(4)20(29)25(5)17(15)28)23-19(27)26-10-13(2)30-14(3)11-26/h6-7,13-14H,8-11H2,1-5H3/t13-,14-/m1/s1. The Morgan fingerprint density at radius 2 is 1.84 bits per heavy atom. The lowest BCUT2D eigenvalue weighted by atomic mass is 10.2. The van der Waals surface area contributed by atoms with E-state index in [0.717, 1.165) is 10.3 Å². The summed E-state index contributed by atoms with van der Waals surface area (Å²) in [5.74, 6) is 1.34. The Bertz CT molecular complexity index is 1220. The lowest BCUT2D eigenvalue weighted by Crippen LogP contribution is -2.46. The van der Waals surface area contributed by atoms with E-state index in [1.54, 1.807) is 13.2 Å². The molecule has 0 saturated carbocycles. The van der Waals surface area contributed by atoms with Crippen molar-refractivity contribution in [2.24, 2.45) is 14.1 Å². The number of morpholine rings is 1. The molecule has 2 atom stereocenters. The van der Waals surface area contributed by atoms with Gasteiger partial charge in [0.1, 0.15) is 0 Å². The minimum absolute atomic E-state index is 0.0405. The van der Waals surface area contributed by atoms with Gasteiger partial charge in [-0.05, 0) is 26.8 Å². The smallest absolute Gasteiger partial charge is 0.332 e. The molecule has 31 heavy (non-hydrogen) atoms. The number of anilines is 1. The quantitative estimate of drug-likeness (QED) is 0.423. The van der Waals surface area contributed by atoms with E-state index in [0.29, 0.717) is 47.7 Å². The Morgan fingerprint density at radius 1 is 1.13 bits per heavy atom. The molecule has 3 aromatic heterocycles. The molecule has 4 rings (SSSR count). The molecule has 0 unspecified atom stereocenters. The van der Waals surface area contributed by atoms with Crippen molar-refractivity contribution in [3.05, 3.63) is 38.8 Å². The Hall–Kier alpha value is -2.66. The molecule has 3 aromatic rings. The summed E-state index contributed by atoms with van der Waals surface area (Å²) in [5.41, 5.74) is 0.998. The highest BCUT2D eigenvalue weighted by Crippen LogP contribution is 2.24. The van der Waals surface area contributed by atoms with Crippen LogP contribution in [0.1, 0.15) is 19.5 Å². The number of aromatic nitrogens is 6. The summed E-state index contributed by atoms with van der Waals surface area (Å²) in [7, 11) is 3.14. The molecule has 0 radical (unpaired) electrons. The Morgan fingerprint density at radius 3 is 2.52 bits per heavy atom. The van der Waals surface area contributed by atoms with Gasteiger partial charge in [-0.15, -0.1) is 0 Å². The van der Waals surface area contributed by atoms with E-state index in [1.807, 2.05) is 31.4 Å². The fourth-order valence-electron chi connectivity index (χ4n) is 3.95. The van der Waals surface area contributed by atoms with Gasteiger partial charge >= 0.3 is 5.69 Å². The summed E-state index contributed by atoms with van der Waals surface area (Å²) in [6, 6.07) is 1.86. The number of thioether (sulfide) groups is 1. The summed E-state index contributed by atoms with van der Waals surface area (Å²) in [5, 5.41) is 0.694. The lowest BCUT2D eigenvalue weighted by molar-refractivity contribution is -0.00586. The molecule has 1 aliphatic rings. The molecule has 1 saturated heterocycles. The van der Waals surface area contributed by atoms with Crippen LogP contribution in [0.4, 0.5) is 5.95 Å². The fourth-order valence-corrected chi connectivity index (χ4v) is 4.75. The van der Waals surface area contributed by atoms with Gasteiger partial charge in [0, 0.05) is 51.4 Å². The Kier molecular flexibility index (Phi) is 5.89. The Balaban J connectivity index is 1.76. The van der Waals surface area contributed by atoms with E-state index in [-0.39, 0.29) is 23.5 Å². The highest BCUT2D eigenvalue weighted by molar-refractivity contribution is 7.99. The molecular formula is C20H27N7O3S. The third kappa shape index (κ3) is 4.11. The van der Waals surface area contributed by atoms with E-state index >= 15 is 0 Å². The predicted octanol–water partition coefficient (Wildman–Crippen LogP) is 0.938. The molecule has 166 valence electrons. The summed E-state index contributed by atoms with van der Waals surface area (Å²) < 4.78 is 10.4. The van der Waals surface area contributed by atoms with Gasteiger partial charge in [-0.1, -0.05) is 11.8 Å². The van der Waals surface area contributed by atoms with Gasteiger partial charge in [-0.3, -0.25) is 13.9 Å². The molecule has 0 spiro atoms. The Labute approximate surface area is 183 Å². The van der Waals surface area contributed by atoms with Crippen LogP contribution < -0.4 is 16.1 Å². The van der Waals surface area contributed by atoms with E-state index in [2.05, 4.69) is 14.9 Å². The van der Waals surface area contributed by atoms with E-state index < -0.39 is 0 Å². The molecule has 10 nitrogen and oxygen atoms in total. The summed E-state index contributed by atoms with van der Waals surface area (Å²) in [6.45, 7) is 7.83. The zero-order chi connectivity index (χ0) is 22.3. The SMILES string of the molecule is Cc1ccnc(SCCn2c(N3C[C@@H](C)O[C@H](C)C3)nc3c2c(=O)n(C)c(=O)n3C)n1. The molecule has 1 fully saturated rings. The third-order valence-electron chi connectivity index (χ3n) is 5.35. The summed E-state index contributed by atoms with van der Waals surface area (Å²) in [4.78, 5) is 41.1. The van der Waals surface area contributed by atoms with Gasteiger partial charge in [-0.2, -0.15) is 4.98 Å². The maximum absolute atomic E-state index is 13.0. The first-order valence-corrected chi connectivity index (χ1v) is 11.2. The van der Waals surface area contributed by atoms with Crippen molar-refractivity contribution < 1.29 is 4.74 Å². The lowest BCUT2D eigenvalue weighted by Gasteiger charge is -2.36. The molecule has 0 N–H and O–H groups in total. The van der Waals surface area contributed by atoms with Crippen molar-refractivity contribution in [3.63, 3.8) is 0 Å². The number of imidazole rings is 1. The van der Waals surface area contributed by atoms with Crippen LogP contribution in [0.2, 0.25) is 0 Å². The topological polar surface area (TPSA) is 100 Å². The maximum Gasteiger partial charge on any atom is 0.332 e. The zero-order valence-electron chi connectivity index (χ0n) is 18.4. The predicted molar refractivity (Wildman–Crippen MR) is 120 cm³/mol. The summed E-state index contributed by atoms with van der Waals surface area (Å²) >= 11 is 1.52. The third-order valence-corrected chi connectivity index (χ3v) is 6.19. The van der Waals surface area contributed by atoms with Crippen LogP contribution >= 0.6 is 11.8 Å². The second-order valence-corrected chi connectivity index (χ2v) is 8.99. The van der Waals surface area contributed by atoms with E-state index in [4.69, 9.17) is 9.72 Å². The van der Waals surface area contributed by atoms with Crippen LogP contribution in [0, 0.1) is 6.92 Å². The van der Waals surface area contributed by atoms with Gasteiger partial charge in [-0.25, -0.2) is 14.8 Å². The van der Waals surface area contributed by atoms with E-state index in [9.17, 15) is 9.59 Å². The monoisotopic (exact) mass is 445 g/mol. The minimum Gasteiger partial charge on any atom is -0.372 e. The number of hydrogen-bond donors (Lipinski definition) is 0. The molecule has 0 bridgehead atoms. The summed E-state index contributed by atoms with van der Waals surface area (Å²) in [6.07, 6.45) is 1.82.